The van der Waals surface area contributed by atoms with Gasteiger partial charge in [0.25, 0.3) is 11.8 Å². The Morgan fingerprint density at radius 1 is 0.690 bits per heavy atom. The van der Waals surface area contributed by atoms with Gasteiger partial charge in [-0.15, -0.1) is 0 Å². The molecule has 212 valence electrons. The fourth-order valence-corrected chi connectivity index (χ4v) is 4.99. The molecule has 0 unspecified atom stereocenters. The Hall–Kier alpha value is -5.11. The number of nitrogens with zero attached hydrogens (tertiary/aromatic N) is 1. The molecule has 2 N–H and O–H groups in total. The van der Waals surface area contributed by atoms with Gasteiger partial charge in [-0.2, -0.15) is 13.2 Å². The Balaban J connectivity index is 1.33. The summed E-state index contributed by atoms with van der Waals surface area (Å²) in [5.74, 6) is -0.776. The van der Waals surface area contributed by atoms with Crippen molar-refractivity contribution in [2.45, 2.75) is 20.0 Å². The van der Waals surface area contributed by atoms with Gasteiger partial charge >= 0.3 is 6.18 Å². The van der Waals surface area contributed by atoms with E-state index in [9.17, 15) is 22.8 Å². The van der Waals surface area contributed by atoms with E-state index in [0.717, 1.165) is 28.8 Å². The Morgan fingerprint density at radius 2 is 1.26 bits per heavy atom. The normalized spacial score (nSPS) is 11.3. The zero-order valence-electron chi connectivity index (χ0n) is 23.2. The monoisotopic (exact) mass is 567 g/mol. The van der Waals surface area contributed by atoms with Gasteiger partial charge in [0.2, 0.25) is 0 Å². The van der Waals surface area contributed by atoms with Crippen LogP contribution in [0.2, 0.25) is 0 Å². The van der Waals surface area contributed by atoms with E-state index >= 15 is 0 Å². The summed E-state index contributed by atoms with van der Waals surface area (Å²) in [7, 11) is 1.72. The molecule has 1 heterocycles. The van der Waals surface area contributed by atoms with E-state index in [4.69, 9.17) is 0 Å². The molecule has 0 bridgehead atoms. The average Bonchev–Trinajstić information content (AvgIpc) is 3.25. The predicted octanol–water partition coefficient (Wildman–Crippen LogP) is 8.50. The van der Waals surface area contributed by atoms with Crippen molar-refractivity contribution < 1.29 is 22.8 Å². The summed E-state index contributed by atoms with van der Waals surface area (Å²) in [6, 6.07) is 27.0. The molecule has 5 aromatic rings. The number of aryl methyl sites for hydroxylation is 2. The second-order valence-electron chi connectivity index (χ2n) is 10.0. The summed E-state index contributed by atoms with van der Waals surface area (Å²) < 4.78 is 40.7. The van der Waals surface area contributed by atoms with Crippen molar-refractivity contribution >= 4 is 23.2 Å². The molecule has 42 heavy (non-hydrogen) atoms. The van der Waals surface area contributed by atoms with E-state index in [2.05, 4.69) is 10.6 Å². The predicted molar refractivity (Wildman–Crippen MR) is 160 cm³/mol. The van der Waals surface area contributed by atoms with Gasteiger partial charge in [-0.05, 0) is 72.0 Å². The Kier molecular flexibility index (Phi) is 7.72. The molecule has 0 fully saturated rings. The molecule has 0 aliphatic carbocycles. The number of nitrogens with one attached hydrogen (secondary N) is 2. The lowest BCUT2D eigenvalue weighted by molar-refractivity contribution is -0.137. The number of anilines is 2. The summed E-state index contributed by atoms with van der Waals surface area (Å²) >= 11 is 0. The van der Waals surface area contributed by atoms with Crippen LogP contribution in [0.15, 0.2) is 103 Å². The van der Waals surface area contributed by atoms with Crippen LogP contribution >= 0.6 is 0 Å². The highest BCUT2D eigenvalue weighted by Crippen LogP contribution is 2.32. The quantitative estimate of drug-likeness (QED) is 0.216. The number of alkyl halides is 3. The highest BCUT2D eigenvalue weighted by molar-refractivity contribution is 6.11. The van der Waals surface area contributed by atoms with Crippen LogP contribution in [0.1, 0.15) is 37.5 Å². The molecule has 0 spiro atoms. The smallest absolute Gasteiger partial charge is 0.344 e. The molecule has 5 rings (SSSR count). The van der Waals surface area contributed by atoms with Gasteiger partial charge < -0.3 is 15.2 Å². The summed E-state index contributed by atoms with van der Waals surface area (Å²) in [6.07, 6.45) is -2.79. The standard InChI is InChI=1S/C34H28F3N3O2/c1-21-8-4-5-9-27(21)23-14-18-26(19-15-23)38-33(42)31-22(2)30(20-40(31)3)39-32(41)29-11-7-6-10-28(29)24-12-16-25(17-13-24)34(35,36)37/h4-20H,1-3H3,(H,38,42)(H,39,41). The highest BCUT2D eigenvalue weighted by atomic mass is 19.4. The van der Waals surface area contributed by atoms with E-state index in [1.807, 2.05) is 55.5 Å². The number of amides is 2. The second-order valence-corrected chi connectivity index (χ2v) is 10.0. The lowest BCUT2D eigenvalue weighted by Gasteiger charge is -2.12. The molecule has 0 saturated heterocycles. The van der Waals surface area contributed by atoms with Gasteiger partial charge in [0.15, 0.2) is 0 Å². The first-order chi connectivity index (χ1) is 20.0. The minimum Gasteiger partial charge on any atom is -0.344 e. The SMILES string of the molecule is Cc1ccccc1-c1ccc(NC(=O)c2c(C)c(NC(=O)c3ccccc3-c3ccc(C(F)(F)F)cc3)cn2C)cc1. The zero-order chi connectivity index (χ0) is 30.0. The van der Waals surface area contributed by atoms with E-state index in [1.54, 1.807) is 49.0 Å². The van der Waals surface area contributed by atoms with Crippen molar-refractivity contribution in [1.82, 2.24) is 4.57 Å². The van der Waals surface area contributed by atoms with E-state index < -0.39 is 17.6 Å². The van der Waals surface area contributed by atoms with Crippen molar-refractivity contribution in [3.8, 4) is 22.3 Å². The number of hydrogen-bond acceptors (Lipinski definition) is 2. The van der Waals surface area contributed by atoms with Crippen molar-refractivity contribution in [2.75, 3.05) is 10.6 Å². The minimum atomic E-state index is -4.45. The summed E-state index contributed by atoms with van der Waals surface area (Å²) in [4.78, 5) is 26.6. The summed E-state index contributed by atoms with van der Waals surface area (Å²) in [5, 5.41) is 5.79. The first-order valence-corrected chi connectivity index (χ1v) is 13.2. The topological polar surface area (TPSA) is 63.1 Å². The molecule has 4 aromatic carbocycles. The van der Waals surface area contributed by atoms with Crippen LogP contribution in [0.3, 0.4) is 0 Å². The van der Waals surface area contributed by atoms with E-state index in [1.165, 1.54) is 12.1 Å². The number of carbonyl (C=O) groups is 2. The number of aromatic nitrogens is 1. The van der Waals surface area contributed by atoms with Crippen LogP contribution in [0.25, 0.3) is 22.3 Å². The highest BCUT2D eigenvalue weighted by Gasteiger charge is 2.30. The molecule has 1 aromatic heterocycles. The molecule has 5 nitrogen and oxygen atoms in total. The number of halogens is 3. The number of rotatable bonds is 6. The Labute approximate surface area is 241 Å². The van der Waals surface area contributed by atoms with Gasteiger partial charge in [-0.3, -0.25) is 9.59 Å². The summed E-state index contributed by atoms with van der Waals surface area (Å²) in [5.41, 5.74) is 5.86. The van der Waals surface area contributed by atoms with Crippen molar-refractivity contribution in [1.29, 1.82) is 0 Å². The molecule has 0 atom stereocenters. The van der Waals surface area contributed by atoms with Crippen LogP contribution in [-0.4, -0.2) is 16.4 Å². The third kappa shape index (κ3) is 5.83. The molecule has 0 aliphatic heterocycles. The van der Waals surface area contributed by atoms with Gasteiger partial charge in [-0.1, -0.05) is 66.7 Å². The maximum absolute atomic E-state index is 13.3. The number of hydrogen-bond donors (Lipinski definition) is 2. The molecule has 8 heteroatoms. The lowest BCUT2D eigenvalue weighted by Crippen LogP contribution is -2.17. The zero-order valence-corrected chi connectivity index (χ0v) is 23.2. The van der Waals surface area contributed by atoms with Crippen molar-refractivity contribution in [3.05, 3.63) is 131 Å². The molecular weight excluding hydrogens is 539 g/mol. The van der Waals surface area contributed by atoms with Crippen LogP contribution in [0, 0.1) is 13.8 Å². The summed E-state index contributed by atoms with van der Waals surface area (Å²) in [6.45, 7) is 3.79. The number of benzene rings is 4. The molecule has 2 amide bonds. The maximum Gasteiger partial charge on any atom is 0.416 e. The van der Waals surface area contributed by atoms with Gasteiger partial charge in [0, 0.05) is 30.1 Å². The van der Waals surface area contributed by atoms with Crippen molar-refractivity contribution in [2.24, 2.45) is 7.05 Å². The Morgan fingerprint density at radius 3 is 1.90 bits per heavy atom. The molecular formula is C34H28F3N3O2. The largest absolute Gasteiger partial charge is 0.416 e. The van der Waals surface area contributed by atoms with E-state index in [-0.39, 0.29) is 5.91 Å². The maximum atomic E-state index is 13.3. The average molecular weight is 568 g/mol. The third-order valence-corrected chi connectivity index (χ3v) is 7.19. The van der Waals surface area contributed by atoms with E-state index in [0.29, 0.717) is 39.3 Å². The first-order valence-electron chi connectivity index (χ1n) is 13.2. The first kappa shape index (κ1) is 28.4. The third-order valence-electron chi connectivity index (χ3n) is 7.19. The van der Waals surface area contributed by atoms with Crippen LogP contribution in [0.5, 0.6) is 0 Å². The fraction of sp³-hybridized carbons (Fsp3) is 0.118. The van der Waals surface area contributed by atoms with Gasteiger partial charge in [0.05, 0.1) is 11.3 Å². The molecule has 0 saturated carbocycles. The second kappa shape index (κ2) is 11.4. The van der Waals surface area contributed by atoms with Gasteiger partial charge in [0.1, 0.15) is 5.69 Å². The fourth-order valence-electron chi connectivity index (χ4n) is 4.99. The van der Waals surface area contributed by atoms with Crippen LogP contribution in [-0.2, 0) is 13.2 Å². The minimum absolute atomic E-state index is 0.292. The molecule has 0 aliphatic rings. The number of carbonyl (C=O) groups excluding carboxylic acids is 2. The van der Waals surface area contributed by atoms with Crippen molar-refractivity contribution in [3.63, 3.8) is 0 Å². The molecule has 0 radical (unpaired) electrons. The van der Waals surface area contributed by atoms with Crippen LogP contribution < -0.4 is 10.6 Å². The van der Waals surface area contributed by atoms with Crippen LogP contribution in [0.4, 0.5) is 24.5 Å². The Bertz CT molecular complexity index is 1770. The van der Waals surface area contributed by atoms with Gasteiger partial charge in [-0.25, -0.2) is 0 Å². The lowest BCUT2D eigenvalue weighted by atomic mass is 9.98.